The van der Waals surface area contributed by atoms with E-state index in [1.807, 2.05) is 67.6 Å². The maximum Gasteiger partial charge on any atom is 0.196 e. The van der Waals surface area contributed by atoms with Gasteiger partial charge in [0, 0.05) is 0 Å². The van der Waals surface area contributed by atoms with Crippen molar-refractivity contribution in [2.75, 3.05) is 5.43 Å². The van der Waals surface area contributed by atoms with E-state index in [2.05, 4.69) is 31.8 Å². The van der Waals surface area contributed by atoms with Crippen molar-refractivity contribution in [2.45, 2.75) is 6.92 Å². The van der Waals surface area contributed by atoms with E-state index in [4.69, 9.17) is 0 Å². The largest absolute Gasteiger partial charge is 0.277 e. The van der Waals surface area contributed by atoms with Gasteiger partial charge in [-0.3, -0.25) is 5.43 Å². The molecule has 122 valence electrons. The SMILES string of the molecule is Cc1nc(/C(C#N)=N/Nc2ccccc2)sc1N=Nc1ccccc1. The summed E-state index contributed by atoms with van der Waals surface area (Å²) in [6, 6.07) is 20.9. The van der Waals surface area contributed by atoms with Gasteiger partial charge in [-0.25, -0.2) is 4.98 Å². The lowest BCUT2D eigenvalue weighted by molar-refractivity contribution is 1.18. The molecular weight excluding hydrogens is 332 g/mol. The first kappa shape index (κ1) is 16.5. The Labute approximate surface area is 149 Å². The molecule has 3 aromatic rings. The normalized spacial score (nSPS) is 11.4. The quantitative estimate of drug-likeness (QED) is 0.391. The lowest BCUT2D eigenvalue weighted by Crippen LogP contribution is -2.01. The third kappa shape index (κ3) is 4.34. The molecule has 25 heavy (non-hydrogen) atoms. The van der Waals surface area contributed by atoms with Gasteiger partial charge in [-0.05, 0) is 31.2 Å². The smallest absolute Gasteiger partial charge is 0.196 e. The molecule has 3 rings (SSSR count). The predicted octanol–water partition coefficient (Wildman–Crippen LogP) is 5.21. The first-order chi connectivity index (χ1) is 12.3. The Morgan fingerprint density at radius 1 is 1.04 bits per heavy atom. The number of aromatic nitrogens is 1. The zero-order valence-electron chi connectivity index (χ0n) is 13.4. The van der Waals surface area contributed by atoms with Crippen LogP contribution in [0.5, 0.6) is 0 Å². The third-order valence-corrected chi connectivity index (χ3v) is 4.21. The topological polar surface area (TPSA) is 85.8 Å². The average molecular weight is 346 g/mol. The van der Waals surface area contributed by atoms with Gasteiger partial charge in [-0.1, -0.05) is 47.7 Å². The van der Waals surface area contributed by atoms with E-state index in [1.54, 1.807) is 0 Å². The van der Waals surface area contributed by atoms with Crippen molar-refractivity contribution in [3.63, 3.8) is 0 Å². The molecule has 6 nitrogen and oxygen atoms in total. The molecular formula is C18H14N6S. The number of para-hydroxylation sites is 1. The summed E-state index contributed by atoms with van der Waals surface area (Å²) in [5.74, 6) is 0. The molecule has 0 unspecified atom stereocenters. The van der Waals surface area contributed by atoms with Crippen LogP contribution in [0, 0.1) is 18.3 Å². The van der Waals surface area contributed by atoms with Crippen LogP contribution in [0.4, 0.5) is 16.4 Å². The molecule has 0 radical (unpaired) electrons. The van der Waals surface area contributed by atoms with Gasteiger partial charge in [0.05, 0.1) is 17.1 Å². The summed E-state index contributed by atoms with van der Waals surface area (Å²) in [5, 5.41) is 23.1. The van der Waals surface area contributed by atoms with Gasteiger partial charge in [-0.15, -0.1) is 10.2 Å². The van der Waals surface area contributed by atoms with Gasteiger partial charge in [-0.2, -0.15) is 10.4 Å². The van der Waals surface area contributed by atoms with Crippen LogP contribution in [-0.2, 0) is 0 Å². The van der Waals surface area contributed by atoms with Crippen molar-refractivity contribution in [1.82, 2.24) is 4.98 Å². The van der Waals surface area contributed by atoms with Crippen molar-refractivity contribution in [3.05, 3.63) is 71.4 Å². The first-order valence-electron chi connectivity index (χ1n) is 7.49. The fraction of sp³-hybridized carbons (Fsp3) is 0.0556. The molecule has 0 atom stereocenters. The standard InChI is InChI=1S/C18H14N6S/c1-13-17(24-22-15-10-6-3-7-11-15)25-18(20-13)16(12-19)23-21-14-8-4-2-5-9-14/h2-11,21H,1H3/b23-16+,24-22?. The number of rotatable bonds is 5. The third-order valence-electron chi connectivity index (χ3n) is 3.16. The van der Waals surface area contributed by atoms with E-state index < -0.39 is 0 Å². The number of nitrogens with zero attached hydrogens (tertiary/aromatic N) is 5. The molecule has 1 heterocycles. The van der Waals surface area contributed by atoms with Crippen LogP contribution in [0.1, 0.15) is 10.7 Å². The number of nitriles is 1. The number of azo groups is 1. The van der Waals surface area contributed by atoms with Gasteiger partial charge in [0.2, 0.25) is 0 Å². The minimum atomic E-state index is 0.207. The molecule has 0 saturated heterocycles. The molecule has 1 N–H and O–H groups in total. The van der Waals surface area contributed by atoms with E-state index in [0.29, 0.717) is 15.7 Å². The van der Waals surface area contributed by atoms with E-state index >= 15 is 0 Å². The van der Waals surface area contributed by atoms with Crippen LogP contribution in [0.2, 0.25) is 0 Å². The molecule has 0 aliphatic carbocycles. The molecule has 0 saturated carbocycles. The fourth-order valence-electron chi connectivity index (χ4n) is 1.93. The predicted molar refractivity (Wildman–Crippen MR) is 99.7 cm³/mol. The first-order valence-corrected chi connectivity index (χ1v) is 8.31. The summed E-state index contributed by atoms with van der Waals surface area (Å²) in [7, 11) is 0. The lowest BCUT2D eigenvalue weighted by Gasteiger charge is -1.99. The minimum Gasteiger partial charge on any atom is -0.277 e. The van der Waals surface area contributed by atoms with E-state index in [0.717, 1.165) is 11.4 Å². The second kappa shape index (κ2) is 7.95. The Bertz CT molecular complexity index is 939. The van der Waals surface area contributed by atoms with E-state index in [-0.39, 0.29) is 5.71 Å². The van der Waals surface area contributed by atoms with Crippen molar-refractivity contribution >= 4 is 33.4 Å². The molecule has 0 aliphatic rings. The summed E-state index contributed by atoms with van der Waals surface area (Å²) in [4.78, 5) is 4.38. The van der Waals surface area contributed by atoms with E-state index in [9.17, 15) is 5.26 Å². The Morgan fingerprint density at radius 3 is 2.40 bits per heavy atom. The molecule has 2 aromatic carbocycles. The zero-order valence-corrected chi connectivity index (χ0v) is 14.2. The van der Waals surface area contributed by atoms with Crippen molar-refractivity contribution in [2.24, 2.45) is 15.3 Å². The maximum absolute atomic E-state index is 9.36. The van der Waals surface area contributed by atoms with Crippen LogP contribution in [0.15, 0.2) is 76.0 Å². The Kier molecular flexibility index (Phi) is 5.24. The number of thiazole rings is 1. The number of hydrazone groups is 1. The molecule has 7 heteroatoms. The number of nitrogens with one attached hydrogen (secondary N) is 1. The van der Waals surface area contributed by atoms with E-state index in [1.165, 1.54) is 11.3 Å². The van der Waals surface area contributed by atoms with Crippen LogP contribution in [-0.4, -0.2) is 10.7 Å². The number of aryl methyl sites for hydroxylation is 1. The second-order valence-electron chi connectivity index (χ2n) is 5.00. The molecule has 0 spiro atoms. The van der Waals surface area contributed by atoms with Gasteiger partial charge in [0.1, 0.15) is 6.07 Å². The van der Waals surface area contributed by atoms with Gasteiger partial charge >= 0.3 is 0 Å². The number of anilines is 1. The summed E-state index contributed by atoms with van der Waals surface area (Å²) >= 11 is 1.28. The zero-order chi connectivity index (χ0) is 17.5. The molecule has 0 aliphatic heterocycles. The number of benzene rings is 2. The molecule has 1 aromatic heterocycles. The Hall–Kier alpha value is -3.37. The monoisotopic (exact) mass is 346 g/mol. The van der Waals surface area contributed by atoms with Crippen LogP contribution in [0.25, 0.3) is 0 Å². The number of hydrogen-bond acceptors (Lipinski definition) is 7. The second-order valence-corrected chi connectivity index (χ2v) is 5.97. The van der Waals surface area contributed by atoms with Crippen LogP contribution < -0.4 is 5.43 Å². The lowest BCUT2D eigenvalue weighted by atomic mass is 10.3. The Morgan fingerprint density at radius 2 is 1.72 bits per heavy atom. The van der Waals surface area contributed by atoms with Crippen molar-refractivity contribution < 1.29 is 0 Å². The minimum absolute atomic E-state index is 0.207. The van der Waals surface area contributed by atoms with Gasteiger partial charge in [0.15, 0.2) is 15.7 Å². The highest BCUT2D eigenvalue weighted by Gasteiger charge is 2.13. The average Bonchev–Trinajstić information content (AvgIpc) is 3.03. The fourth-order valence-corrected chi connectivity index (χ4v) is 2.76. The highest BCUT2D eigenvalue weighted by molar-refractivity contribution is 7.17. The molecule has 0 fully saturated rings. The van der Waals surface area contributed by atoms with Crippen molar-refractivity contribution in [1.29, 1.82) is 5.26 Å². The summed E-state index contributed by atoms with van der Waals surface area (Å²) in [5.41, 5.74) is 5.34. The molecule has 0 amide bonds. The number of hydrogen-bond donors (Lipinski definition) is 1. The van der Waals surface area contributed by atoms with Gasteiger partial charge in [0.25, 0.3) is 0 Å². The highest BCUT2D eigenvalue weighted by Crippen LogP contribution is 2.29. The maximum atomic E-state index is 9.36. The summed E-state index contributed by atoms with van der Waals surface area (Å²) < 4.78 is 0. The van der Waals surface area contributed by atoms with Crippen LogP contribution >= 0.6 is 11.3 Å². The summed E-state index contributed by atoms with van der Waals surface area (Å²) in [6.07, 6.45) is 0. The van der Waals surface area contributed by atoms with Crippen LogP contribution in [0.3, 0.4) is 0 Å². The van der Waals surface area contributed by atoms with Gasteiger partial charge < -0.3 is 0 Å². The summed E-state index contributed by atoms with van der Waals surface area (Å²) in [6.45, 7) is 1.83. The van der Waals surface area contributed by atoms with Crippen molar-refractivity contribution in [3.8, 4) is 6.07 Å². The Balaban J connectivity index is 1.80. The highest BCUT2D eigenvalue weighted by atomic mass is 32.1. The molecule has 0 bridgehead atoms.